The van der Waals surface area contributed by atoms with E-state index in [0.717, 1.165) is 11.1 Å². The molecular weight excluding hydrogens is 422 g/mol. The van der Waals surface area contributed by atoms with Crippen molar-refractivity contribution in [3.05, 3.63) is 82.8 Å². The SMILES string of the molecule is COc1ccccc1/C(O)=C1\C(=O)C(=O)N(c2nc3ccc(C)cc3[nH]2)C1c1ccc(C)o1. The molecule has 2 N–H and O–H groups in total. The number of hydrogen-bond donors (Lipinski definition) is 2. The van der Waals surface area contributed by atoms with Crippen LogP contribution >= 0.6 is 0 Å². The molecule has 1 saturated heterocycles. The predicted octanol–water partition coefficient (Wildman–Crippen LogP) is 4.41. The van der Waals surface area contributed by atoms with Crippen molar-refractivity contribution < 1.29 is 23.8 Å². The van der Waals surface area contributed by atoms with Gasteiger partial charge in [0.25, 0.3) is 5.78 Å². The zero-order valence-corrected chi connectivity index (χ0v) is 18.2. The van der Waals surface area contributed by atoms with Gasteiger partial charge in [-0.3, -0.25) is 14.5 Å². The van der Waals surface area contributed by atoms with Crippen LogP contribution in [0.5, 0.6) is 5.75 Å². The van der Waals surface area contributed by atoms with Crippen molar-refractivity contribution in [2.24, 2.45) is 0 Å². The highest BCUT2D eigenvalue weighted by atomic mass is 16.5. The summed E-state index contributed by atoms with van der Waals surface area (Å²) in [7, 11) is 1.47. The maximum absolute atomic E-state index is 13.2. The number of aryl methyl sites for hydroxylation is 2. The van der Waals surface area contributed by atoms with Gasteiger partial charge in [0.1, 0.15) is 29.1 Å². The standard InChI is InChI=1S/C25H21N3O5/c1-13-8-10-16-17(12-13)27-25(26-16)28-21(19-11-9-14(2)33-19)20(23(30)24(28)31)22(29)15-6-4-5-7-18(15)32-3/h4-12,21,29H,1-3H3,(H,26,27)/b22-20+. The van der Waals surface area contributed by atoms with Crippen LogP contribution in [0, 0.1) is 13.8 Å². The van der Waals surface area contributed by atoms with Crippen molar-refractivity contribution in [1.82, 2.24) is 9.97 Å². The average molecular weight is 443 g/mol. The van der Waals surface area contributed by atoms with Gasteiger partial charge in [0.2, 0.25) is 5.95 Å². The lowest BCUT2D eigenvalue weighted by Crippen LogP contribution is -2.30. The van der Waals surface area contributed by atoms with Crippen molar-refractivity contribution in [2.45, 2.75) is 19.9 Å². The molecule has 1 amide bonds. The summed E-state index contributed by atoms with van der Waals surface area (Å²) < 4.78 is 11.2. The molecule has 4 aromatic rings. The number of Topliss-reactive ketones (excluding diaryl/α,β-unsaturated/α-hetero) is 1. The Bertz CT molecular complexity index is 1450. The molecule has 0 aliphatic carbocycles. The normalized spacial score (nSPS) is 17.8. The molecule has 8 heteroatoms. The van der Waals surface area contributed by atoms with Gasteiger partial charge in [0.05, 0.1) is 29.3 Å². The van der Waals surface area contributed by atoms with Gasteiger partial charge < -0.3 is 19.2 Å². The monoisotopic (exact) mass is 443 g/mol. The Morgan fingerprint density at radius 2 is 1.91 bits per heavy atom. The number of aliphatic hydroxyl groups excluding tert-OH is 1. The van der Waals surface area contributed by atoms with Crippen LogP contribution in [0.1, 0.15) is 28.7 Å². The maximum atomic E-state index is 13.2. The molecule has 1 aliphatic rings. The van der Waals surface area contributed by atoms with Gasteiger partial charge in [0, 0.05) is 0 Å². The number of imidazole rings is 1. The number of ketones is 1. The van der Waals surface area contributed by atoms with E-state index in [-0.39, 0.29) is 17.3 Å². The first-order chi connectivity index (χ1) is 15.9. The van der Waals surface area contributed by atoms with Crippen LogP contribution < -0.4 is 9.64 Å². The number of para-hydroxylation sites is 1. The number of carbonyl (C=O) groups excluding carboxylic acids is 2. The highest BCUT2D eigenvalue weighted by molar-refractivity contribution is 6.51. The molecule has 0 bridgehead atoms. The van der Waals surface area contributed by atoms with E-state index in [2.05, 4.69) is 9.97 Å². The maximum Gasteiger partial charge on any atom is 0.302 e. The average Bonchev–Trinajstić information content (AvgIpc) is 3.49. The van der Waals surface area contributed by atoms with Crippen molar-refractivity contribution in [2.75, 3.05) is 12.0 Å². The highest BCUT2D eigenvalue weighted by Crippen LogP contribution is 2.43. The molecule has 5 rings (SSSR count). The fourth-order valence-electron chi connectivity index (χ4n) is 4.13. The molecule has 2 aromatic carbocycles. The molecule has 33 heavy (non-hydrogen) atoms. The molecule has 0 spiro atoms. The van der Waals surface area contributed by atoms with Crippen LogP contribution in [0.15, 0.2) is 64.6 Å². The molecular formula is C25H21N3O5. The first kappa shape index (κ1) is 20.6. The van der Waals surface area contributed by atoms with Gasteiger partial charge in [-0.2, -0.15) is 0 Å². The number of benzene rings is 2. The molecule has 1 unspecified atom stereocenters. The number of H-pyrrole nitrogens is 1. The smallest absolute Gasteiger partial charge is 0.302 e. The molecule has 1 aliphatic heterocycles. The van der Waals surface area contributed by atoms with E-state index in [1.807, 2.05) is 25.1 Å². The first-order valence-corrected chi connectivity index (χ1v) is 10.4. The largest absolute Gasteiger partial charge is 0.507 e. The second kappa shape index (κ2) is 7.67. The minimum absolute atomic E-state index is 0.101. The van der Waals surface area contributed by atoms with Crippen LogP contribution in [0.3, 0.4) is 0 Å². The number of aromatic nitrogens is 2. The number of rotatable bonds is 4. The molecule has 1 atom stereocenters. The van der Waals surface area contributed by atoms with Crippen molar-refractivity contribution >= 4 is 34.4 Å². The van der Waals surface area contributed by atoms with Crippen molar-refractivity contribution in [3.63, 3.8) is 0 Å². The van der Waals surface area contributed by atoms with E-state index < -0.39 is 17.7 Å². The summed E-state index contributed by atoms with van der Waals surface area (Å²) >= 11 is 0. The number of ether oxygens (including phenoxy) is 1. The van der Waals surface area contributed by atoms with Crippen LogP contribution in [-0.4, -0.2) is 33.9 Å². The summed E-state index contributed by atoms with van der Waals surface area (Å²) in [5.74, 6) is -0.506. The number of methoxy groups -OCH3 is 1. The quantitative estimate of drug-likeness (QED) is 0.275. The molecule has 8 nitrogen and oxygen atoms in total. The number of anilines is 1. The second-order valence-electron chi connectivity index (χ2n) is 7.90. The Balaban J connectivity index is 1.74. The molecule has 2 aromatic heterocycles. The third-order valence-electron chi connectivity index (χ3n) is 5.69. The van der Waals surface area contributed by atoms with E-state index in [4.69, 9.17) is 9.15 Å². The Morgan fingerprint density at radius 3 is 2.64 bits per heavy atom. The van der Waals surface area contributed by atoms with E-state index >= 15 is 0 Å². The lowest BCUT2D eigenvalue weighted by Gasteiger charge is -2.21. The lowest BCUT2D eigenvalue weighted by molar-refractivity contribution is -0.132. The van der Waals surface area contributed by atoms with Crippen molar-refractivity contribution in [3.8, 4) is 5.75 Å². The highest BCUT2D eigenvalue weighted by Gasteiger charge is 2.49. The number of nitrogens with zero attached hydrogens (tertiary/aromatic N) is 2. The number of carbonyl (C=O) groups is 2. The zero-order chi connectivity index (χ0) is 23.3. The molecule has 0 saturated carbocycles. The summed E-state index contributed by atoms with van der Waals surface area (Å²) in [4.78, 5) is 35.4. The predicted molar refractivity (Wildman–Crippen MR) is 122 cm³/mol. The Hall–Kier alpha value is -4.33. The summed E-state index contributed by atoms with van der Waals surface area (Å²) in [6, 6.07) is 14.8. The molecule has 166 valence electrons. The molecule has 3 heterocycles. The van der Waals surface area contributed by atoms with E-state index in [0.29, 0.717) is 28.4 Å². The second-order valence-corrected chi connectivity index (χ2v) is 7.90. The van der Waals surface area contributed by atoms with Gasteiger partial charge in [-0.05, 0) is 55.8 Å². The first-order valence-electron chi connectivity index (χ1n) is 10.4. The van der Waals surface area contributed by atoms with Gasteiger partial charge >= 0.3 is 5.91 Å². The third kappa shape index (κ3) is 3.27. The van der Waals surface area contributed by atoms with Gasteiger partial charge in [-0.15, -0.1) is 0 Å². The van der Waals surface area contributed by atoms with Crippen LogP contribution in [0.4, 0.5) is 5.95 Å². The number of furan rings is 1. The van der Waals surface area contributed by atoms with Crippen LogP contribution in [0.25, 0.3) is 16.8 Å². The van der Waals surface area contributed by atoms with Crippen LogP contribution in [-0.2, 0) is 9.59 Å². The summed E-state index contributed by atoms with van der Waals surface area (Å²) in [6.45, 7) is 3.71. The van der Waals surface area contributed by atoms with Gasteiger partial charge in [0.15, 0.2) is 0 Å². The van der Waals surface area contributed by atoms with E-state index in [1.54, 1.807) is 43.3 Å². The molecule has 0 radical (unpaired) electrons. The number of aliphatic hydroxyl groups is 1. The fraction of sp³-hybridized carbons (Fsp3) is 0.160. The minimum atomic E-state index is -1.01. The summed E-state index contributed by atoms with van der Waals surface area (Å²) in [5, 5.41) is 11.2. The number of aromatic amines is 1. The van der Waals surface area contributed by atoms with Gasteiger partial charge in [-0.1, -0.05) is 18.2 Å². The summed E-state index contributed by atoms with van der Waals surface area (Å²) in [6.07, 6.45) is 0. The Morgan fingerprint density at radius 1 is 1.12 bits per heavy atom. The number of fused-ring (bicyclic) bond motifs is 1. The number of hydrogen-bond acceptors (Lipinski definition) is 6. The van der Waals surface area contributed by atoms with Crippen LogP contribution in [0.2, 0.25) is 0 Å². The molecule has 1 fully saturated rings. The minimum Gasteiger partial charge on any atom is -0.507 e. The van der Waals surface area contributed by atoms with E-state index in [9.17, 15) is 14.7 Å². The Labute approximate surface area is 189 Å². The number of nitrogens with one attached hydrogen (secondary N) is 1. The van der Waals surface area contributed by atoms with Crippen molar-refractivity contribution in [1.29, 1.82) is 0 Å². The summed E-state index contributed by atoms with van der Waals surface area (Å²) in [5.41, 5.74) is 2.60. The topological polar surface area (TPSA) is 109 Å². The number of amides is 1. The fourth-order valence-corrected chi connectivity index (χ4v) is 4.13. The Kier molecular flexibility index (Phi) is 4.78. The van der Waals surface area contributed by atoms with E-state index in [1.165, 1.54) is 12.0 Å². The lowest BCUT2D eigenvalue weighted by atomic mass is 9.99. The van der Waals surface area contributed by atoms with Gasteiger partial charge in [-0.25, -0.2) is 4.98 Å². The zero-order valence-electron chi connectivity index (χ0n) is 18.2. The third-order valence-corrected chi connectivity index (χ3v) is 5.69.